The van der Waals surface area contributed by atoms with Crippen LogP contribution in [0.4, 0.5) is 11.4 Å². The molecule has 0 aliphatic carbocycles. The standard InChI is InChI=1S/C25H35N2O3P/c1-8-31(9-2,15-22(28)26-24-17(3)11-10-12-18(24)4)16-23(29)27-25-19(5)13-21(30-7)14-20(25)6/h10-14H,8-9,15-16H2,1-7H3,(H-,26,27,28,29)/p+1. The maximum Gasteiger partial charge on any atom is 0.261 e. The SMILES string of the molecule is CC[P+](CC)(CC(=O)Nc1c(C)cccc1C)CC(=O)Nc1c(C)cc(OC)cc1C. The molecule has 0 bridgehead atoms. The van der Waals surface area contributed by atoms with Crippen LogP contribution in [-0.4, -0.2) is 43.6 Å². The number of amides is 2. The smallest absolute Gasteiger partial charge is 0.261 e. The lowest BCUT2D eigenvalue weighted by atomic mass is 10.1. The van der Waals surface area contributed by atoms with Gasteiger partial charge in [0.1, 0.15) is 18.1 Å². The molecule has 0 heterocycles. The molecule has 0 saturated carbocycles. The van der Waals surface area contributed by atoms with E-state index in [-0.39, 0.29) is 11.8 Å². The van der Waals surface area contributed by atoms with Gasteiger partial charge in [-0.15, -0.1) is 0 Å². The Bertz CT molecular complexity index is 909. The lowest BCUT2D eigenvalue weighted by Crippen LogP contribution is -2.28. The molecule has 0 radical (unpaired) electrons. The number of ether oxygens (including phenoxy) is 1. The van der Waals surface area contributed by atoms with Crippen molar-refractivity contribution < 1.29 is 14.3 Å². The molecule has 5 nitrogen and oxygen atoms in total. The maximum absolute atomic E-state index is 13.0. The van der Waals surface area contributed by atoms with Gasteiger partial charge in [0.15, 0.2) is 0 Å². The van der Waals surface area contributed by atoms with Crippen molar-refractivity contribution >= 4 is 30.5 Å². The average Bonchev–Trinajstić information content (AvgIpc) is 2.72. The zero-order valence-electron chi connectivity index (χ0n) is 19.9. The van der Waals surface area contributed by atoms with Gasteiger partial charge in [0.2, 0.25) is 0 Å². The Balaban J connectivity index is 2.14. The van der Waals surface area contributed by atoms with Gasteiger partial charge in [-0.25, -0.2) is 0 Å². The highest BCUT2D eigenvalue weighted by Gasteiger charge is 2.39. The summed E-state index contributed by atoms with van der Waals surface area (Å²) in [5.41, 5.74) is 5.74. The second-order valence-corrected chi connectivity index (χ2v) is 12.9. The minimum Gasteiger partial charge on any atom is -0.497 e. The van der Waals surface area contributed by atoms with Crippen LogP contribution in [-0.2, 0) is 9.59 Å². The Labute approximate surface area is 187 Å². The number of carbonyl (C=O) groups is 2. The van der Waals surface area contributed by atoms with Gasteiger partial charge in [-0.05, 0) is 75.9 Å². The van der Waals surface area contributed by atoms with Crippen LogP contribution in [0.3, 0.4) is 0 Å². The van der Waals surface area contributed by atoms with Gasteiger partial charge in [-0.2, -0.15) is 0 Å². The van der Waals surface area contributed by atoms with Gasteiger partial charge in [0, 0.05) is 18.6 Å². The summed E-state index contributed by atoms with van der Waals surface area (Å²) < 4.78 is 5.31. The van der Waals surface area contributed by atoms with E-state index in [0.29, 0.717) is 12.3 Å². The van der Waals surface area contributed by atoms with Crippen molar-refractivity contribution in [2.24, 2.45) is 0 Å². The summed E-state index contributed by atoms with van der Waals surface area (Å²) in [6.07, 6.45) is 2.54. The molecule has 2 amide bonds. The van der Waals surface area contributed by atoms with Gasteiger partial charge in [0.05, 0.1) is 19.4 Å². The molecule has 0 atom stereocenters. The Morgan fingerprint density at radius 1 is 0.806 bits per heavy atom. The second kappa shape index (κ2) is 10.8. The lowest BCUT2D eigenvalue weighted by Gasteiger charge is -2.25. The Morgan fingerprint density at radius 3 is 1.61 bits per heavy atom. The summed E-state index contributed by atoms with van der Waals surface area (Å²) >= 11 is 0. The van der Waals surface area contributed by atoms with Crippen LogP contribution in [0.5, 0.6) is 5.75 Å². The van der Waals surface area contributed by atoms with E-state index >= 15 is 0 Å². The molecule has 0 saturated heterocycles. The zero-order chi connectivity index (χ0) is 23.2. The van der Waals surface area contributed by atoms with Crippen molar-refractivity contribution in [2.45, 2.75) is 41.5 Å². The number of anilines is 2. The highest BCUT2D eigenvalue weighted by atomic mass is 31.2. The third kappa shape index (κ3) is 6.30. The largest absolute Gasteiger partial charge is 0.497 e. The van der Waals surface area contributed by atoms with Gasteiger partial charge >= 0.3 is 0 Å². The normalized spacial score (nSPS) is 11.2. The number of benzene rings is 2. The second-order valence-electron chi connectivity index (χ2n) is 8.29. The highest BCUT2D eigenvalue weighted by molar-refractivity contribution is 7.77. The summed E-state index contributed by atoms with van der Waals surface area (Å²) in [6.45, 7) is 12.1. The van der Waals surface area contributed by atoms with E-state index in [1.165, 1.54) is 0 Å². The number of carbonyl (C=O) groups excluding carboxylic acids is 2. The van der Waals surface area contributed by atoms with Crippen LogP contribution in [0.15, 0.2) is 30.3 Å². The molecule has 31 heavy (non-hydrogen) atoms. The molecule has 168 valence electrons. The Kier molecular flexibility index (Phi) is 8.64. The summed E-state index contributed by atoms with van der Waals surface area (Å²) in [4.78, 5) is 25.9. The molecule has 0 spiro atoms. The van der Waals surface area contributed by atoms with Crippen molar-refractivity contribution in [3.05, 3.63) is 52.6 Å². The van der Waals surface area contributed by atoms with Crippen LogP contribution in [0.1, 0.15) is 36.1 Å². The van der Waals surface area contributed by atoms with E-state index in [1.807, 2.05) is 58.0 Å². The minimum absolute atomic E-state index is 0.000887. The van der Waals surface area contributed by atoms with E-state index in [9.17, 15) is 9.59 Å². The molecule has 0 aromatic heterocycles. The van der Waals surface area contributed by atoms with Crippen molar-refractivity contribution in [2.75, 3.05) is 42.4 Å². The number of aryl methyl sites for hydroxylation is 4. The monoisotopic (exact) mass is 443 g/mol. The maximum atomic E-state index is 13.0. The van der Waals surface area contributed by atoms with Crippen molar-refractivity contribution in [1.82, 2.24) is 0 Å². The van der Waals surface area contributed by atoms with Crippen LogP contribution < -0.4 is 15.4 Å². The molecule has 0 aliphatic rings. The number of hydrogen-bond donors (Lipinski definition) is 2. The molecule has 2 N–H and O–H groups in total. The first kappa shape index (κ1) is 24.9. The van der Waals surface area contributed by atoms with E-state index in [4.69, 9.17) is 4.74 Å². The third-order valence-electron chi connectivity index (χ3n) is 6.05. The van der Waals surface area contributed by atoms with Crippen LogP contribution in [0.2, 0.25) is 0 Å². The highest BCUT2D eigenvalue weighted by Crippen LogP contribution is 2.58. The molecular formula is C25H36N2O3P+. The molecule has 2 rings (SSSR count). The molecule has 0 fully saturated rings. The number of hydrogen-bond acceptors (Lipinski definition) is 3. The van der Waals surface area contributed by atoms with Gasteiger partial charge in [-0.3, -0.25) is 9.59 Å². The topological polar surface area (TPSA) is 67.4 Å². The quantitative estimate of drug-likeness (QED) is 0.499. The van der Waals surface area contributed by atoms with Crippen LogP contribution >= 0.6 is 7.26 Å². The molecule has 6 heteroatoms. The van der Waals surface area contributed by atoms with Crippen LogP contribution in [0.25, 0.3) is 0 Å². The number of para-hydroxylation sites is 1. The average molecular weight is 444 g/mol. The summed E-state index contributed by atoms with van der Waals surface area (Å²) in [5, 5.41) is 6.20. The van der Waals surface area contributed by atoms with Gasteiger partial charge in [0.25, 0.3) is 11.8 Å². The fraction of sp³-hybridized carbons (Fsp3) is 0.440. The Hall–Kier alpha value is -2.39. The summed E-state index contributed by atoms with van der Waals surface area (Å²) in [6, 6.07) is 9.82. The Morgan fingerprint density at radius 2 is 1.23 bits per heavy atom. The van der Waals surface area contributed by atoms with Crippen molar-refractivity contribution in [1.29, 1.82) is 0 Å². The predicted octanol–water partition coefficient (Wildman–Crippen LogP) is 5.56. The number of nitrogens with one attached hydrogen (secondary N) is 2. The zero-order valence-corrected chi connectivity index (χ0v) is 20.8. The molecule has 0 unspecified atom stereocenters. The molecular weight excluding hydrogens is 407 g/mol. The number of rotatable bonds is 9. The predicted molar refractivity (Wildman–Crippen MR) is 133 cm³/mol. The van der Waals surface area contributed by atoms with Crippen LogP contribution in [0, 0.1) is 27.7 Å². The first-order valence-corrected chi connectivity index (χ1v) is 13.3. The van der Waals surface area contributed by atoms with Crippen molar-refractivity contribution in [3.8, 4) is 5.75 Å². The summed E-state index contributed by atoms with van der Waals surface area (Å²) in [7, 11) is -0.133. The lowest BCUT2D eigenvalue weighted by molar-refractivity contribution is -0.114. The first-order chi connectivity index (χ1) is 14.6. The molecule has 2 aromatic rings. The fourth-order valence-electron chi connectivity index (χ4n) is 3.94. The third-order valence-corrected chi connectivity index (χ3v) is 10.7. The van der Waals surface area contributed by atoms with E-state index in [1.54, 1.807) is 7.11 Å². The van der Waals surface area contributed by atoms with E-state index < -0.39 is 7.26 Å². The first-order valence-electron chi connectivity index (χ1n) is 10.8. The molecule has 0 aliphatic heterocycles. The van der Waals surface area contributed by atoms with Gasteiger partial charge in [-0.1, -0.05) is 18.2 Å². The van der Waals surface area contributed by atoms with E-state index in [0.717, 1.165) is 51.7 Å². The number of methoxy groups -OCH3 is 1. The molecule has 2 aromatic carbocycles. The van der Waals surface area contributed by atoms with Crippen molar-refractivity contribution in [3.63, 3.8) is 0 Å². The fourth-order valence-corrected chi connectivity index (χ4v) is 6.77. The summed E-state index contributed by atoms with van der Waals surface area (Å²) in [5.74, 6) is 0.757. The van der Waals surface area contributed by atoms with Gasteiger partial charge < -0.3 is 15.4 Å². The van der Waals surface area contributed by atoms with E-state index in [2.05, 4.69) is 24.5 Å². The minimum atomic E-state index is -1.77.